The molecule has 0 amide bonds. The Labute approximate surface area is 93.2 Å². The van der Waals surface area contributed by atoms with Crippen LogP contribution in [0.3, 0.4) is 0 Å². The predicted octanol–water partition coefficient (Wildman–Crippen LogP) is 2.27. The summed E-state index contributed by atoms with van der Waals surface area (Å²) in [7, 11) is 1.03. The highest BCUT2D eigenvalue weighted by Gasteiger charge is 2.34. The number of halogens is 4. The zero-order chi connectivity index (χ0) is 13.1. The van der Waals surface area contributed by atoms with Crippen LogP contribution in [-0.4, -0.2) is 24.7 Å². The van der Waals surface area contributed by atoms with E-state index >= 15 is 0 Å². The van der Waals surface area contributed by atoms with Gasteiger partial charge in [-0.25, -0.2) is 9.37 Å². The summed E-state index contributed by atoms with van der Waals surface area (Å²) in [5.41, 5.74) is -0.708. The molecule has 4 nitrogen and oxygen atoms in total. The lowest BCUT2D eigenvalue weighted by Gasteiger charge is -2.14. The molecule has 1 aromatic heterocycles. The van der Waals surface area contributed by atoms with Gasteiger partial charge in [0.1, 0.15) is 12.4 Å². The Morgan fingerprint density at radius 2 is 2.12 bits per heavy atom. The molecule has 1 aromatic rings. The lowest BCUT2D eigenvalue weighted by atomic mass is 10.2. The average Bonchev–Trinajstić information content (AvgIpc) is 2.27. The second-order valence-electron chi connectivity index (χ2n) is 2.84. The topological polar surface area (TPSA) is 48.4 Å². The molecular formula is C9H7F4NO3. The van der Waals surface area contributed by atoms with Crippen LogP contribution in [0.15, 0.2) is 6.07 Å². The van der Waals surface area contributed by atoms with Gasteiger partial charge in [-0.15, -0.1) is 13.2 Å². The maximum absolute atomic E-state index is 12.5. The van der Waals surface area contributed by atoms with Gasteiger partial charge in [0.05, 0.1) is 7.11 Å². The van der Waals surface area contributed by atoms with Crippen LogP contribution in [0.25, 0.3) is 0 Å². The zero-order valence-electron chi connectivity index (χ0n) is 8.55. The fraction of sp³-hybridized carbons (Fsp3) is 0.333. The molecule has 17 heavy (non-hydrogen) atoms. The second-order valence-corrected chi connectivity index (χ2v) is 2.84. The van der Waals surface area contributed by atoms with Gasteiger partial charge in [-0.2, -0.15) is 0 Å². The van der Waals surface area contributed by atoms with Gasteiger partial charge >= 0.3 is 6.36 Å². The zero-order valence-corrected chi connectivity index (χ0v) is 8.55. The Kier molecular flexibility index (Phi) is 3.87. The summed E-state index contributed by atoms with van der Waals surface area (Å²) in [6, 6.07) is 0.858. The van der Waals surface area contributed by atoms with Crippen molar-refractivity contribution < 1.29 is 31.8 Å². The maximum atomic E-state index is 12.5. The van der Waals surface area contributed by atoms with E-state index in [0.717, 1.165) is 13.2 Å². The molecule has 0 aliphatic heterocycles. The number of aromatic nitrogens is 1. The van der Waals surface area contributed by atoms with Crippen molar-refractivity contribution in [2.45, 2.75) is 13.0 Å². The molecule has 0 aromatic carbocycles. The molecule has 0 bridgehead atoms. The molecular weight excluding hydrogens is 246 g/mol. The summed E-state index contributed by atoms with van der Waals surface area (Å²) in [6.45, 7) is -1.24. The van der Waals surface area contributed by atoms with Crippen molar-refractivity contribution in [1.29, 1.82) is 0 Å². The molecule has 0 atom stereocenters. The number of ether oxygens (including phenoxy) is 2. The minimum atomic E-state index is -5.00. The van der Waals surface area contributed by atoms with Crippen LogP contribution in [-0.2, 0) is 6.67 Å². The smallest absolute Gasteiger partial charge is 0.478 e. The highest BCUT2D eigenvalue weighted by Crippen LogP contribution is 2.34. The second kappa shape index (κ2) is 4.98. The molecule has 0 radical (unpaired) electrons. The quantitative estimate of drug-likeness (QED) is 0.610. The number of rotatable bonds is 4. The predicted molar refractivity (Wildman–Crippen MR) is 47.7 cm³/mol. The molecule has 0 unspecified atom stereocenters. The number of carbonyl (C=O) groups is 1. The fourth-order valence-electron chi connectivity index (χ4n) is 1.10. The standard InChI is InChI=1S/C9H7F4NO3/c1-16-8-7(17-9(11,12)13)5(3-10)2-6(4-15)14-8/h2,4H,3H2,1H3. The van der Waals surface area contributed by atoms with E-state index in [9.17, 15) is 22.4 Å². The van der Waals surface area contributed by atoms with Crippen LogP contribution >= 0.6 is 0 Å². The molecule has 1 rings (SSSR count). The van der Waals surface area contributed by atoms with Crippen molar-refractivity contribution in [3.8, 4) is 11.6 Å². The molecule has 0 saturated heterocycles. The van der Waals surface area contributed by atoms with Gasteiger partial charge in [-0.1, -0.05) is 0 Å². The fourth-order valence-corrected chi connectivity index (χ4v) is 1.10. The van der Waals surface area contributed by atoms with E-state index in [1.807, 2.05) is 0 Å². The van der Waals surface area contributed by atoms with Gasteiger partial charge in [0.15, 0.2) is 12.0 Å². The molecule has 0 saturated carbocycles. The van der Waals surface area contributed by atoms with Crippen molar-refractivity contribution in [2.24, 2.45) is 0 Å². The maximum Gasteiger partial charge on any atom is 0.573 e. The van der Waals surface area contributed by atoms with E-state index in [0.29, 0.717) is 0 Å². The summed E-state index contributed by atoms with van der Waals surface area (Å²) in [4.78, 5) is 13.9. The first-order valence-electron chi connectivity index (χ1n) is 4.26. The minimum absolute atomic E-state index is 0.246. The van der Waals surface area contributed by atoms with Crippen LogP contribution in [0, 0.1) is 0 Å². The third-order valence-electron chi connectivity index (χ3n) is 1.71. The normalized spacial score (nSPS) is 11.1. The first-order valence-corrected chi connectivity index (χ1v) is 4.26. The van der Waals surface area contributed by atoms with Crippen molar-refractivity contribution in [1.82, 2.24) is 4.98 Å². The summed E-state index contributed by atoms with van der Waals surface area (Å²) in [5, 5.41) is 0. The summed E-state index contributed by atoms with van der Waals surface area (Å²) < 4.78 is 56.8. The van der Waals surface area contributed by atoms with E-state index in [1.165, 1.54) is 0 Å². The Morgan fingerprint density at radius 3 is 2.53 bits per heavy atom. The van der Waals surface area contributed by atoms with Gasteiger partial charge in [0.25, 0.3) is 5.88 Å². The Balaban J connectivity index is 3.29. The van der Waals surface area contributed by atoms with Gasteiger partial charge in [0.2, 0.25) is 0 Å². The summed E-state index contributed by atoms with van der Waals surface area (Å²) in [5.74, 6) is -1.48. The Bertz CT molecular complexity index is 394. The lowest BCUT2D eigenvalue weighted by molar-refractivity contribution is -0.275. The van der Waals surface area contributed by atoms with Crippen molar-refractivity contribution in [3.05, 3.63) is 17.3 Å². The van der Waals surface area contributed by atoms with E-state index in [2.05, 4.69) is 14.5 Å². The van der Waals surface area contributed by atoms with Crippen LogP contribution in [0.4, 0.5) is 17.6 Å². The van der Waals surface area contributed by atoms with Crippen molar-refractivity contribution in [2.75, 3.05) is 7.11 Å². The SMILES string of the molecule is COc1nc(C=O)cc(CF)c1OC(F)(F)F. The number of pyridine rings is 1. The molecule has 0 fully saturated rings. The molecule has 0 N–H and O–H groups in total. The largest absolute Gasteiger partial charge is 0.573 e. The first-order chi connectivity index (χ1) is 7.91. The van der Waals surface area contributed by atoms with Gasteiger partial charge < -0.3 is 9.47 Å². The molecule has 0 aliphatic rings. The average molecular weight is 253 g/mol. The Hall–Kier alpha value is -1.86. The number of alkyl halides is 4. The highest BCUT2D eigenvalue weighted by atomic mass is 19.4. The Morgan fingerprint density at radius 1 is 1.47 bits per heavy atom. The van der Waals surface area contributed by atoms with Crippen LogP contribution in [0.5, 0.6) is 11.6 Å². The lowest BCUT2D eigenvalue weighted by Crippen LogP contribution is -2.19. The number of nitrogens with zero attached hydrogens (tertiary/aromatic N) is 1. The van der Waals surface area contributed by atoms with Gasteiger partial charge in [0, 0.05) is 5.56 Å². The van der Waals surface area contributed by atoms with E-state index < -0.39 is 30.2 Å². The molecule has 8 heteroatoms. The first kappa shape index (κ1) is 13.2. The van der Waals surface area contributed by atoms with Crippen LogP contribution in [0.1, 0.15) is 16.1 Å². The van der Waals surface area contributed by atoms with Crippen LogP contribution in [0.2, 0.25) is 0 Å². The third kappa shape index (κ3) is 3.30. The molecule has 94 valence electrons. The minimum Gasteiger partial charge on any atom is -0.478 e. The van der Waals surface area contributed by atoms with E-state index in [-0.39, 0.29) is 12.0 Å². The van der Waals surface area contributed by atoms with Gasteiger partial charge in [-0.3, -0.25) is 4.79 Å². The molecule has 0 spiro atoms. The van der Waals surface area contributed by atoms with Crippen molar-refractivity contribution in [3.63, 3.8) is 0 Å². The number of aldehydes is 1. The summed E-state index contributed by atoms with van der Waals surface area (Å²) >= 11 is 0. The number of hydrogen-bond donors (Lipinski definition) is 0. The monoisotopic (exact) mass is 253 g/mol. The number of hydrogen-bond acceptors (Lipinski definition) is 4. The van der Waals surface area contributed by atoms with E-state index in [1.54, 1.807) is 0 Å². The number of methoxy groups -OCH3 is 1. The van der Waals surface area contributed by atoms with E-state index in [4.69, 9.17) is 0 Å². The van der Waals surface area contributed by atoms with Crippen molar-refractivity contribution >= 4 is 6.29 Å². The van der Waals surface area contributed by atoms with Gasteiger partial charge in [-0.05, 0) is 6.07 Å². The molecule has 0 aliphatic carbocycles. The number of carbonyl (C=O) groups excluding carboxylic acids is 1. The summed E-state index contributed by atoms with van der Waals surface area (Å²) in [6.07, 6.45) is -4.74. The molecule has 1 heterocycles. The van der Waals surface area contributed by atoms with Crippen LogP contribution < -0.4 is 9.47 Å². The highest BCUT2D eigenvalue weighted by molar-refractivity contribution is 5.73. The third-order valence-corrected chi connectivity index (χ3v) is 1.71.